The average Bonchev–Trinajstić information content (AvgIpc) is 3.71. The quantitative estimate of drug-likeness (QED) is 0.323. The van der Waals surface area contributed by atoms with Gasteiger partial charge in [-0.25, -0.2) is 4.98 Å². The third-order valence-electron chi connectivity index (χ3n) is 8.20. The largest absolute Gasteiger partial charge is 0.383 e. The van der Waals surface area contributed by atoms with Crippen molar-refractivity contribution < 1.29 is 9.59 Å². The highest BCUT2D eigenvalue weighted by atomic mass is 16.2. The van der Waals surface area contributed by atoms with Crippen LogP contribution in [0.15, 0.2) is 61.1 Å². The van der Waals surface area contributed by atoms with E-state index in [1.165, 1.54) is 13.1 Å². The Labute approximate surface area is 229 Å². The molecule has 3 N–H and O–H groups in total. The Hall–Kier alpha value is -4.93. The number of pyridine rings is 1. The van der Waals surface area contributed by atoms with E-state index in [-0.39, 0.29) is 35.5 Å². The van der Waals surface area contributed by atoms with Crippen molar-refractivity contribution >= 4 is 23.2 Å². The monoisotopic (exact) mass is 533 g/mol. The molecule has 2 aliphatic rings. The predicted octanol–water partition coefficient (Wildman–Crippen LogP) is 3.91. The van der Waals surface area contributed by atoms with Crippen molar-refractivity contribution in [3.05, 3.63) is 78.0 Å². The van der Waals surface area contributed by atoms with Crippen LogP contribution in [0, 0.1) is 0 Å². The zero-order valence-corrected chi connectivity index (χ0v) is 21.9. The number of carbonyl (C=O) groups excluding carboxylic acids is 2. The first-order chi connectivity index (χ1) is 19.5. The van der Waals surface area contributed by atoms with E-state index in [4.69, 9.17) is 10.7 Å². The molecule has 2 saturated heterocycles. The maximum absolute atomic E-state index is 13.1. The number of nitrogens with one attached hydrogen (secondary N) is 1. The molecule has 6 heterocycles. The van der Waals surface area contributed by atoms with Gasteiger partial charge in [-0.3, -0.25) is 14.6 Å². The van der Waals surface area contributed by atoms with Crippen LogP contribution in [0.2, 0.25) is 0 Å². The molecule has 200 valence electrons. The molecule has 0 saturated carbocycles. The lowest BCUT2D eigenvalue weighted by Gasteiger charge is -2.38. The molecular weight excluding hydrogens is 506 g/mol. The molecule has 2 atom stereocenters. The summed E-state index contributed by atoms with van der Waals surface area (Å²) in [6.07, 6.45) is 8.17. The number of piperidine rings is 1. The second-order valence-corrected chi connectivity index (χ2v) is 10.5. The summed E-state index contributed by atoms with van der Waals surface area (Å²) in [5, 5.41) is 14.8. The van der Waals surface area contributed by atoms with Gasteiger partial charge in [0.1, 0.15) is 5.82 Å². The number of nitrogen functional groups attached to an aromatic ring is 1. The van der Waals surface area contributed by atoms with E-state index in [1.807, 2.05) is 53.6 Å². The Morgan fingerprint density at radius 1 is 0.975 bits per heavy atom. The number of rotatable bonds is 5. The summed E-state index contributed by atoms with van der Waals surface area (Å²) in [7, 11) is 0. The fourth-order valence-electron chi connectivity index (χ4n) is 6.39. The first-order valence-corrected chi connectivity index (χ1v) is 13.4. The Bertz CT molecular complexity index is 1720. The van der Waals surface area contributed by atoms with Gasteiger partial charge in [0.25, 0.3) is 5.91 Å². The van der Waals surface area contributed by atoms with Crippen LogP contribution in [0.1, 0.15) is 65.1 Å². The Morgan fingerprint density at radius 3 is 2.40 bits per heavy atom. The number of hydrogen-bond acceptors (Lipinski definition) is 8. The van der Waals surface area contributed by atoms with Crippen LogP contribution >= 0.6 is 0 Å². The minimum Gasteiger partial charge on any atom is -0.383 e. The molecular formula is C29H27N9O2. The van der Waals surface area contributed by atoms with E-state index in [9.17, 15) is 9.59 Å². The summed E-state index contributed by atoms with van der Waals surface area (Å²) in [5.74, 6) is -0.00678. The van der Waals surface area contributed by atoms with Crippen molar-refractivity contribution in [1.29, 1.82) is 0 Å². The van der Waals surface area contributed by atoms with Crippen LogP contribution in [0.25, 0.3) is 28.0 Å². The number of Topliss-reactive ketones (excluding diaryl/α,β-unsaturated/α-hetero) is 1. The SMILES string of the molecule is CC(=O)c1c(C2C[C@H]3CC[C@H](C2)N3C(=O)c2cn[nH]n2)nc2c(-c3ccc(-c4ccccc4)nc3)cnn2c1N. The zero-order valence-electron chi connectivity index (χ0n) is 21.9. The molecule has 0 aliphatic carbocycles. The van der Waals surface area contributed by atoms with Crippen LogP contribution in [-0.2, 0) is 0 Å². The first kappa shape index (κ1) is 24.1. The molecule has 1 amide bonds. The smallest absolute Gasteiger partial charge is 0.276 e. The molecule has 40 heavy (non-hydrogen) atoms. The van der Waals surface area contributed by atoms with Gasteiger partial charge >= 0.3 is 0 Å². The van der Waals surface area contributed by atoms with Gasteiger partial charge in [-0.1, -0.05) is 36.4 Å². The number of aromatic nitrogens is 7. The molecule has 11 heteroatoms. The molecule has 2 aliphatic heterocycles. The lowest BCUT2D eigenvalue weighted by atomic mass is 9.85. The van der Waals surface area contributed by atoms with Crippen LogP contribution in [0.5, 0.6) is 0 Å². The topological polar surface area (TPSA) is 148 Å². The number of nitrogens with two attached hydrogens (primary N) is 1. The van der Waals surface area contributed by atoms with Crippen molar-refractivity contribution in [3.63, 3.8) is 0 Å². The normalized spacial score (nSPS) is 20.2. The molecule has 2 bridgehead atoms. The second kappa shape index (κ2) is 9.37. The molecule has 11 nitrogen and oxygen atoms in total. The average molecular weight is 534 g/mol. The van der Waals surface area contributed by atoms with Gasteiger partial charge in [-0.15, -0.1) is 0 Å². The fraction of sp³-hybridized carbons (Fsp3) is 0.276. The molecule has 2 fully saturated rings. The second-order valence-electron chi connectivity index (χ2n) is 10.5. The van der Waals surface area contributed by atoms with Crippen molar-refractivity contribution in [1.82, 2.24) is 39.9 Å². The summed E-state index contributed by atoms with van der Waals surface area (Å²) in [6, 6.07) is 14.0. The lowest BCUT2D eigenvalue weighted by molar-refractivity contribution is 0.0562. The number of benzene rings is 1. The van der Waals surface area contributed by atoms with E-state index in [1.54, 1.807) is 10.7 Å². The molecule has 5 aromatic rings. The summed E-state index contributed by atoms with van der Waals surface area (Å²) in [5.41, 5.74) is 12.1. The highest BCUT2D eigenvalue weighted by Gasteiger charge is 2.45. The van der Waals surface area contributed by atoms with Gasteiger partial charge in [0, 0.05) is 40.9 Å². The number of H-pyrrole nitrogens is 1. The van der Waals surface area contributed by atoms with E-state index < -0.39 is 0 Å². The van der Waals surface area contributed by atoms with Crippen molar-refractivity contribution in [2.75, 3.05) is 5.73 Å². The number of fused-ring (bicyclic) bond motifs is 3. The maximum Gasteiger partial charge on any atom is 0.276 e. The third-order valence-corrected chi connectivity index (χ3v) is 8.20. The number of ketones is 1. The Kier molecular flexibility index (Phi) is 5.65. The van der Waals surface area contributed by atoms with Gasteiger partial charge in [-0.2, -0.15) is 25.0 Å². The molecule has 0 unspecified atom stereocenters. The molecule has 0 radical (unpaired) electrons. The summed E-state index contributed by atoms with van der Waals surface area (Å²) >= 11 is 0. The number of carbonyl (C=O) groups is 2. The van der Waals surface area contributed by atoms with Crippen LogP contribution in [0.3, 0.4) is 0 Å². The number of hydrogen-bond donors (Lipinski definition) is 2. The van der Waals surface area contributed by atoms with Crippen LogP contribution < -0.4 is 5.73 Å². The van der Waals surface area contributed by atoms with Gasteiger partial charge in [0.15, 0.2) is 17.1 Å². The van der Waals surface area contributed by atoms with E-state index in [0.29, 0.717) is 35.4 Å². The summed E-state index contributed by atoms with van der Waals surface area (Å²) in [6.45, 7) is 1.51. The molecule has 7 rings (SSSR count). The number of aromatic amines is 1. The highest BCUT2D eigenvalue weighted by molar-refractivity contribution is 6.00. The predicted molar refractivity (Wildman–Crippen MR) is 147 cm³/mol. The van der Waals surface area contributed by atoms with E-state index >= 15 is 0 Å². The summed E-state index contributed by atoms with van der Waals surface area (Å²) in [4.78, 5) is 37.7. The molecule has 1 aromatic carbocycles. The Balaban J connectivity index is 1.26. The number of amides is 1. The standard InChI is InChI=1S/C29H27N9O2/c1-16(39)25-26(19-11-20-8-9-21(12-19)37(20)29(40)24-15-32-36-35-24)34-28-22(14-33-38(28)27(25)30)18-7-10-23(31-13-18)17-5-3-2-4-6-17/h2-7,10,13-15,19-21H,8-9,11-12,30H2,1H3,(H,32,35,36)/t20-,21-/m1/s1. The third kappa shape index (κ3) is 3.84. The highest BCUT2D eigenvalue weighted by Crippen LogP contribution is 2.45. The van der Waals surface area contributed by atoms with Gasteiger partial charge in [0.05, 0.1) is 29.3 Å². The van der Waals surface area contributed by atoms with Gasteiger partial charge in [0.2, 0.25) is 0 Å². The first-order valence-electron chi connectivity index (χ1n) is 13.4. The lowest BCUT2D eigenvalue weighted by Crippen LogP contribution is -2.46. The van der Waals surface area contributed by atoms with Crippen LogP contribution in [-0.4, -0.2) is 63.7 Å². The van der Waals surface area contributed by atoms with Crippen molar-refractivity contribution in [2.45, 2.75) is 50.6 Å². The number of nitrogens with zero attached hydrogens (tertiary/aromatic N) is 7. The fourth-order valence-corrected chi connectivity index (χ4v) is 6.39. The Morgan fingerprint density at radius 2 is 1.75 bits per heavy atom. The molecule has 4 aromatic heterocycles. The van der Waals surface area contributed by atoms with Gasteiger partial charge < -0.3 is 10.6 Å². The van der Waals surface area contributed by atoms with E-state index in [0.717, 1.165) is 35.2 Å². The van der Waals surface area contributed by atoms with Gasteiger partial charge in [-0.05, 0) is 38.7 Å². The molecule has 0 spiro atoms. The van der Waals surface area contributed by atoms with Crippen molar-refractivity contribution in [3.8, 4) is 22.4 Å². The maximum atomic E-state index is 13.1. The van der Waals surface area contributed by atoms with Crippen LogP contribution in [0.4, 0.5) is 5.82 Å². The van der Waals surface area contributed by atoms with E-state index in [2.05, 4.69) is 25.5 Å². The van der Waals surface area contributed by atoms with Crippen molar-refractivity contribution in [2.24, 2.45) is 0 Å². The zero-order chi connectivity index (χ0) is 27.4. The minimum absolute atomic E-state index is 0.0219. The number of anilines is 1. The minimum atomic E-state index is -0.152. The summed E-state index contributed by atoms with van der Waals surface area (Å²) < 4.78 is 1.54.